The van der Waals surface area contributed by atoms with Crippen molar-refractivity contribution >= 4 is 11.8 Å². The van der Waals surface area contributed by atoms with Crippen molar-refractivity contribution in [2.75, 3.05) is 27.2 Å². The van der Waals surface area contributed by atoms with Crippen LogP contribution in [0.3, 0.4) is 0 Å². The van der Waals surface area contributed by atoms with Gasteiger partial charge in [-0.15, -0.1) is 0 Å². The Labute approximate surface area is 157 Å². The van der Waals surface area contributed by atoms with Gasteiger partial charge in [-0.05, 0) is 43.9 Å². The zero-order valence-corrected chi connectivity index (χ0v) is 15.5. The first kappa shape index (κ1) is 19.1. The Morgan fingerprint density at radius 3 is 2.85 bits per heavy atom. The lowest BCUT2D eigenvalue weighted by molar-refractivity contribution is -0.129. The van der Waals surface area contributed by atoms with Crippen LogP contribution in [-0.2, 0) is 16.1 Å². The third-order valence-corrected chi connectivity index (χ3v) is 4.84. The summed E-state index contributed by atoms with van der Waals surface area (Å²) in [5.74, 6) is -0.207. The summed E-state index contributed by atoms with van der Waals surface area (Å²) in [5, 5.41) is 2.92. The fraction of sp³-hybridized carbons (Fsp3) is 0.400. The topological polar surface area (TPSA) is 65.8 Å². The lowest BCUT2D eigenvalue weighted by atomic mass is 10.0. The number of benzene rings is 1. The van der Waals surface area contributed by atoms with E-state index in [1.54, 1.807) is 29.4 Å². The summed E-state index contributed by atoms with van der Waals surface area (Å²) in [6.07, 6.45) is 1.76. The van der Waals surface area contributed by atoms with E-state index in [1.807, 2.05) is 25.1 Å². The number of amides is 2. The zero-order valence-electron chi connectivity index (χ0n) is 15.5. The molecule has 1 aliphatic heterocycles. The first-order valence-electron chi connectivity index (χ1n) is 8.94. The van der Waals surface area contributed by atoms with Gasteiger partial charge in [0.2, 0.25) is 11.8 Å². The largest absolute Gasteiger partial charge is 0.467 e. The Kier molecular flexibility index (Phi) is 5.91. The number of furan rings is 1. The second-order valence-corrected chi connectivity index (χ2v) is 7.03. The number of likely N-dealkylation sites (N-methyl/N-ethyl adjacent to an activating group) is 1. The van der Waals surface area contributed by atoms with Crippen molar-refractivity contribution in [1.82, 2.24) is 15.1 Å². The Balaban J connectivity index is 1.57. The van der Waals surface area contributed by atoms with Crippen LogP contribution in [0.1, 0.15) is 23.8 Å². The van der Waals surface area contributed by atoms with E-state index in [0.717, 1.165) is 5.56 Å². The molecule has 2 amide bonds. The molecule has 1 fully saturated rings. The van der Waals surface area contributed by atoms with Crippen LogP contribution in [0, 0.1) is 11.7 Å². The van der Waals surface area contributed by atoms with Crippen molar-refractivity contribution < 1.29 is 18.4 Å². The maximum Gasteiger partial charge on any atom is 0.225 e. The Morgan fingerprint density at radius 2 is 2.19 bits per heavy atom. The zero-order chi connectivity index (χ0) is 19.4. The standard InChI is InChI=1S/C20H24FN3O3/c1-23(2)18(14-5-3-6-16(21)9-14)11-22-20(26)15-10-19(25)24(12-15)13-17-7-4-8-27-17/h3-9,15,18H,10-13H2,1-2H3,(H,22,26). The highest BCUT2D eigenvalue weighted by atomic mass is 19.1. The molecule has 6 nitrogen and oxygen atoms in total. The summed E-state index contributed by atoms with van der Waals surface area (Å²) in [6, 6.07) is 9.79. The van der Waals surface area contributed by atoms with Gasteiger partial charge in [0.15, 0.2) is 0 Å². The van der Waals surface area contributed by atoms with Crippen LogP contribution >= 0.6 is 0 Å². The number of hydrogen-bond donors (Lipinski definition) is 1. The van der Waals surface area contributed by atoms with Gasteiger partial charge in [-0.3, -0.25) is 9.59 Å². The fourth-order valence-electron chi connectivity index (χ4n) is 3.35. The predicted octanol–water partition coefficient (Wildman–Crippen LogP) is 2.19. The smallest absolute Gasteiger partial charge is 0.225 e. The minimum Gasteiger partial charge on any atom is -0.467 e. The average molecular weight is 373 g/mol. The average Bonchev–Trinajstić information content (AvgIpc) is 3.25. The van der Waals surface area contributed by atoms with Crippen LogP contribution in [0.15, 0.2) is 47.1 Å². The van der Waals surface area contributed by atoms with E-state index in [4.69, 9.17) is 4.42 Å². The minimum absolute atomic E-state index is 0.0548. The molecule has 0 saturated carbocycles. The summed E-state index contributed by atoms with van der Waals surface area (Å²) in [7, 11) is 3.76. The highest BCUT2D eigenvalue weighted by molar-refractivity contribution is 5.89. The maximum absolute atomic E-state index is 13.5. The second kappa shape index (κ2) is 8.35. The summed E-state index contributed by atoms with van der Waals surface area (Å²) in [5.41, 5.74) is 0.794. The molecule has 1 aliphatic rings. The number of rotatable bonds is 7. The quantitative estimate of drug-likeness (QED) is 0.808. The van der Waals surface area contributed by atoms with Crippen LogP contribution in [0.4, 0.5) is 4.39 Å². The van der Waals surface area contributed by atoms with Gasteiger partial charge in [0.05, 0.1) is 24.8 Å². The molecule has 1 N–H and O–H groups in total. The number of carbonyl (C=O) groups excluding carboxylic acids is 2. The summed E-state index contributed by atoms with van der Waals surface area (Å²) < 4.78 is 18.8. The van der Waals surface area contributed by atoms with Gasteiger partial charge >= 0.3 is 0 Å². The normalized spacial score (nSPS) is 18.1. The molecule has 7 heteroatoms. The molecule has 2 aromatic rings. The van der Waals surface area contributed by atoms with E-state index in [9.17, 15) is 14.0 Å². The van der Waals surface area contributed by atoms with Crippen LogP contribution in [0.2, 0.25) is 0 Å². The van der Waals surface area contributed by atoms with Gasteiger partial charge in [0.1, 0.15) is 11.6 Å². The van der Waals surface area contributed by atoms with Gasteiger partial charge in [0.25, 0.3) is 0 Å². The molecule has 0 spiro atoms. The minimum atomic E-state index is -0.386. The molecule has 3 rings (SSSR count). The van der Waals surface area contributed by atoms with Crippen molar-refractivity contribution in [3.63, 3.8) is 0 Å². The van der Waals surface area contributed by atoms with Crippen molar-refractivity contribution in [3.05, 3.63) is 59.8 Å². The molecule has 1 saturated heterocycles. The van der Waals surface area contributed by atoms with Crippen molar-refractivity contribution in [1.29, 1.82) is 0 Å². The first-order chi connectivity index (χ1) is 12.9. The van der Waals surface area contributed by atoms with Crippen molar-refractivity contribution in [2.45, 2.75) is 19.0 Å². The Hall–Kier alpha value is -2.67. The summed E-state index contributed by atoms with van der Waals surface area (Å²) >= 11 is 0. The molecule has 2 atom stereocenters. The molecule has 2 heterocycles. The van der Waals surface area contributed by atoms with Crippen molar-refractivity contribution in [2.24, 2.45) is 5.92 Å². The number of hydrogen-bond acceptors (Lipinski definition) is 4. The van der Waals surface area contributed by atoms with Crippen LogP contribution in [0.25, 0.3) is 0 Å². The number of nitrogens with one attached hydrogen (secondary N) is 1. The number of nitrogens with zero attached hydrogens (tertiary/aromatic N) is 2. The molecular weight excluding hydrogens is 349 g/mol. The Bertz CT molecular complexity index is 792. The fourth-order valence-corrected chi connectivity index (χ4v) is 3.35. The summed E-state index contributed by atoms with van der Waals surface area (Å²) in [6.45, 7) is 1.09. The number of likely N-dealkylation sites (tertiary alicyclic amines) is 1. The molecule has 144 valence electrons. The Morgan fingerprint density at radius 1 is 1.37 bits per heavy atom. The van der Waals surface area contributed by atoms with Gasteiger partial charge in [0, 0.05) is 19.5 Å². The van der Waals surface area contributed by atoms with Crippen molar-refractivity contribution in [3.8, 4) is 0 Å². The van der Waals surface area contributed by atoms with Gasteiger partial charge < -0.3 is 19.5 Å². The van der Waals surface area contributed by atoms with E-state index < -0.39 is 0 Å². The molecule has 0 bridgehead atoms. The van der Waals surface area contributed by atoms with Crippen LogP contribution in [-0.4, -0.2) is 48.8 Å². The van der Waals surface area contributed by atoms with E-state index >= 15 is 0 Å². The molecule has 0 aliphatic carbocycles. The van der Waals surface area contributed by atoms with Gasteiger partial charge in [-0.2, -0.15) is 0 Å². The SMILES string of the molecule is CN(C)C(CNC(=O)C1CC(=O)N(Cc2ccco2)C1)c1cccc(F)c1. The third kappa shape index (κ3) is 4.74. The van der Waals surface area contributed by atoms with Gasteiger partial charge in [-0.1, -0.05) is 12.1 Å². The number of halogens is 1. The van der Waals surface area contributed by atoms with Crippen LogP contribution in [0.5, 0.6) is 0 Å². The predicted molar refractivity (Wildman–Crippen MR) is 98.1 cm³/mol. The highest BCUT2D eigenvalue weighted by Crippen LogP contribution is 2.22. The molecule has 1 aromatic carbocycles. The van der Waals surface area contributed by atoms with E-state index in [0.29, 0.717) is 25.4 Å². The second-order valence-electron chi connectivity index (χ2n) is 7.03. The van der Waals surface area contributed by atoms with E-state index in [2.05, 4.69) is 5.32 Å². The maximum atomic E-state index is 13.5. The molecular formula is C20H24FN3O3. The van der Waals surface area contributed by atoms with E-state index in [-0.39, 0.29) is 36.0 Å². The molecule has 0 radical (unpaired) electrons. The first-order valence-corrected chi connectivity index (χ1v) is 8.94. The molecule has 1 aromatic heterocycles. The monoisotopic (exact) mass is 373 g/mol. The lowest BCUT2D eigenvalue weighted by Gasteiger charge is -2.25. The van der Waals surface area contributed by atoms with Crippen LogP contribution < -0.4 is 5.32 Å². The van der Waals surface area contributed by atoms with Gasteiger partial charge in [-0.25, -0.2) is 4.39 Å². The highest BCUT2D eigenvalue weighted by Gasteiger charge is 2.34. The van der Waals surface area contributed by atoms with E-state index in [1.165, 1.54) is 12.1 Å². The molecule has 27 heavy (non-hydrogen) atoms. The third-order valence-electron chi connectivity index (χ3n) is 4.84. The molecule has 2 unspecified atom stereocenters. The number of carbonyl (C=O) groups is 2. The summed E-state index contributed by atoms with van der Waals surface area (Å²) in [4.78, 5) is 28.3. The lowest BCUT2D eigenvalue weighted by Crippen LogP contribution is -2.38.